The molecule has 0 radical (unpaired) electrons. The molecule has 1 rings (SSSR count). The number of halogens is 3. The van der Waals surface area contributed by atoms with Crippen LogP contribution in [0.5, 0.6) is 0 Å². The maximum Gasteiger partial charge on any atom is 0.0483 e. The van der Waals surface area contributed by atoms with Gasteiger partial charge >= 0.3 is 0 Å². The van der Waals surface area contributed by atoms with E-state index in [9.17, 15) is 0 Å². The van der Waals surface area contributed by atoms with E-state index in [4.69, 9.17) is 40.5 Å². The third kappa shape index (κ3) is 2.54. The summed E-state index contributed by atoms with van der Waals surface area (Å²) in [5, 5.41) is 1.59. The summed E-state index contributed by atoms with van der Waals surface area (Å²) in [7, 11) is 0. The van der Waals surface area contributed by atoms with Gasteiger partial charge in [0.25, 0.3) is 0 Å². The minimum Gasteiger partial charge on any atom is -0.324 e. The van der Waals surface area contributed by atoms with Crippen LogP contribution >= 0.6 is 34.8 Å². The Morgan fingerprint density at radius 3 is 1.86 bits per heavy atom. The Hall–Kier alpha value is 0.0500. The summed E-state index contributed by atoms with van der Waals surface area (Å²) in [6.45, 7) is 4.04. The normalized spacial score (nSPS) is 13.4. The second kappa shape index (κ2) is 4.71. The third-order valence-electron chi connectivity index (χ3n) is 2.10. The molecule has 4 heteroatoms. The van der Waals surface area contributed by atoms with Crippen LogP contribution in [-0.4, -0.2) is 0 Å². The molecule has 0 fully saturated rings. The monoisotopic (exact) mass is 251 g/mol. The van der Waals surface area contributed by atoms with Crippen molar-refractivity contribution in [1.29, 1.82) is 0 Å². The largest absolute Gasteiger partial charge is 0.324 e. The molecule has 1 atom stereocenters. The maximum absolute atomic E-state index is 6.02. The quantitative estimate of drug-likeness (QED) is 0.834. The van der Waals surface area contributed by atoms with Crippen molar-refractivity contribution in [1.82, 2.24) is 0 Å². The molecule has 0 amide bonds. The molecule has 0 saturated heterocycles. The van der Waals surface area contributed by atoms with Crippen LogP contribution in [0.15, 0.2) is 12.1 Å². The molecule has 14 heavy (non-hydrogen) atoms. The molecule has 1 nitrogen and oxygen atoms in total. The molecule has 0 bridgehead atoms. The summed E-state index contributed by atoms with van der Waals surface area (Å²) in [6.07, 6.45) is 0. The minimum atomic E-state index is -0.160. The van der Waals surface area contributed by atoms with E-state index in [-0.39, 0.29) is 12.0 Å². The number of hydrogen-bond acceptors (Lipinski definition) is 1. The molecular weight excluding hydrogens is 240 g/mol. The highest BCUT2D eigenvalue weighted by Crippen LogP contribution is 2.35. The van der Waals surface area contributed by atoms with Crippen molar-refractivity contribution in [2.45, 2.75) is 19.9 Å². The van der Waals surface area contributed by atoms with Gasteiger partial charge in [0, 0.05) is 26.7 Å². The molecule has 0 spiro atoms. The van der Waals surface area contributed by atoms with E-state index in [0.717, 1.165) is 5.56 Å². The first-order valence-corrected chi connectivity index (χ1v) is 5.47. The predicted octanol–water partition coefficient (Wildman–Crippen LogP) is 4.30. The molecule has 0 saturated carbocycles. The van der Waals surface area contributed by atoms with Gasteiger partial charge in [0.1, 0.15) is 0 Å². The van der Waals surface area contributed by atoms with Gasteiger partial charge in [-0.2, -0.15) is 0 Å². The molecule has 2 N–H and O–H groups in total. The lowest BCUT2D eigenvalue weighted by Crippen LogP contribution is -2.17. The minimum absolute atomic E-state index is 0.160. The van der Waals surface area contributed by atoms with Crippen LogP contribution in [0.1, 0.15) is 25.5 Å². The summed E-state index contributed by atoms with van der Waals surface area (Å²) < 4.78 is 0. The standard InChI is InChI=1S/C10H12Cl3N/c1-5(2)10(14)9-7(12)3-6(11)4-8(9)13/h3-5,10H,14H2,1-2H3/t10-/m1/s1. The zero-order chi connectivity index (χ0) is 10.9. The lowest BCUT2D eigenvalue weighted by Gasteiger charge is -2.19. The van der Waals surface area contributed by atoms with E-state index in [1.165, 1.54) is 0 Å². The van der Waals surface area contributed by atoms with E-state index in [1.54, 1.807) is 12.1 Å². The van der Waals surface area contributed by atoms with E-state index < -0.39 is 0 Å². The molecule has 0 aliphatic heterocycles. The van der Waals surface area contributed by atoms with Crippen LogP contribution in [0.3, 0.4) is 0 Å². The molecule has 0 unspecified atom stereocenters. The van der Waals surface area contributed by atoms with Gasteiger partial charge in [-0.15, -0.1) is 0 Å². The fourth-order valence-electron chi connectivity index (χ4n) is 1.21. The Kier molecular flexibility index (Phi) is 4.08. The van der Waals surface area contributed by atoms with Crippen LogP contribution < -0.4 is 5.73 Å². The first-order valence-electron chi connectivity index (χ1n) is 4.33. The molecule has 0 aliphatic rings. The highest BCUT2D eigenvalue weighted by Gasteiger charge is 2.17. The average Bonchev–Trinajstić information content (AvgIpc) is 2.01. The summed E-state index contributed by atoms with van der Waals surface area (Å²) in [4.78, 5) is 0. The first kappa shape index (κ1) is 12.1. The van der Waals surface area contributed by atoms with E-state index in [0.29, 0.717) is 15.1 Å². The topological polar surface area (TPSA) is 26.0 Å². The lowest BCUT2D eigenvalue weighted by molar-refractivity contribution is 0.514. The number of nitrogens with two attached hydrogens (primary N) is 1. The molecule has 1 aromatic rings. The van der Waals surface area contributed by atoms with E-state index in [2.05, 4.69) is 0 Å². The van der Waals surface area contributed by atoms with Crippen LogP contribution in [0.25, 0.3) is 0 Å². The second-order valence-electron chi connectivity index (χ2n) is 3.55. The van der Waals surface area contributed by atoms with Crippen molar-refractivity contribution in [2.75, 3.05) is 0 Å². The first-order chi connectivity index (χ1) is 6.43. The average molecular weight is 253 g/mol. The Morgan fingerprint density at radius 1 is 1.07 bits per heavy atom. The van der Waals surface area contributed by atoms with E-state index >= 15 is 0 Å². The van der Waals surface area contributed by atoms with E-state index in [1.807, 2.05) is 13.8 Å². The zero-order valence-corrected chi connectivity index (χ0v) is 10.3. The zero-order valence-electron chi connectivity index (χ0n) is 8.02. The number of hydrogen-bond donors (Lipinski definition) is 1. The smallest absolute Gasteiger partial charge is 0.0483 e. The van der Waals surface area contributed by atoms with Gasteiger partial charge in [-0.05, 0) is 18.1 Å². The van der Waals surface area contributed by atoms with Crippen molar-refractivity contribution in [3.8, 4) is 0 Å². The molecular formula is C10H12Cl3N. The summed E-state index contributed by atoms with van der Waals surface area (Å²) in [5.74, 6) is 0.283. The van der Waals surface area contributed by atoms with Crippen molar-refractivity contribution < 1.29 is 0 Å². The highest BCUT2D eigenvalue weighted by molar-refractivity contribution is 6.39. The van der Waals surface area contributed by atoms with Crippen molar-refractivity contribution in [3.63, 3.8) is 0 Å². The van der Waals surface area contributed by atoms with Gasteiger partial charge in [-0.3, -0.25) is 0 Å². The number of rotatable bonds is 2. The Labute approximate surface area is 99.1 Å². The Morgan fingerprint density at radius 2 is 1.50 bits per heavy atom. The second-order valence-corrected chi connectivity index (χ2v) is 4.80. The fraction of sp³-hybridized carbons (Fsp3) is 0.400. The third-order valence-corrected chi connectivity index (χ3v) is 2.94. The molecule has 78 valence electrons. The van der Waals surface area contributed by atoms with Gasteiger partial charge in [0.15, 0.2) is 0 Å². The molecule has 1 aromatic carbocycles. The van der Waals surface area contributed by atoms with Crippen molar-refractivity contribution >= 4 is 34.8 Å². The fourth-order valence-corrected chi connectivity index (χ4v) is 2.27. The van der Waals surface area contributed by atoms with Gasteiger partial charge in [-0.1, -0.05) is 48.7 Å². The Bertz CT molecular complexity index is 313. The summed E-state index contributed by atoms with van der Waals surface area (Å²) in [5.41, 5.74) is 6.75. The van der Waals surface area contributed by atoms with Gasteiger partial charge < -0.3 is 5.73 Å². The highest BCUT2D eigenvalue weighted by atomic mass is 35.5. The summed E-state index contributed by atoms with van der Waals surface area (Å²) in [6, 6.07) is 3.16. The number of benzene rings is 1. The van der Waals surface area contributed by atoms with Gasteiger partial charge in [-0.25, -0.2) is 0 Å². The van der Waals surface area contributed by atoms with Crippen LogP contribution in [0, 0.1) is 5.92 Å². The molecule has 0 aromatic heterocycles. The lowest BCUT2D eigenvalue weighted by atomic mass is 9.97. The maximum atomic E-state index is 6.02. The van der Waals surface area contributed by atoms with Crippen LogP contribution in [0.4, 0.5) is 0 Å². The molecule has 0 heterocycles. The van der Waals surface area contributed by atoms with Crippen LogP contribution in [-0.2, 0) is 0 Å². The SMILES string of the molecule is CC(C)[C@@H](N)c1c(Cl)cc(Cl)cc1Cl. The Balaban J connectivity index is 3.20. The van der Waals surface area contributed by atoms with Gasteiger partial charge in [0.05, 0.1) is 0 Å². The molecule has 0 aliphatic carbocycles. The van der Waals surface area contributed by atoms with Crippen molar-refractivity contribution in [2.24, 2.45) is 11.7 Å². The summed E-state index contributed by atoms with van der Waals surface area (Å²) >= 11 is 17.8. The van der Waals surface area contributed by atoms with Crippen molar-refractivity contribution in [3.05, 3.63) is 32.8 Å². The predicted molar refractivity (Wildman–Crippen MR) is 63.2 cm³/mol. The van der Waals surface area contributed by atoms with Gasteiger partial charge in [0.2, 0.25) is 0 Å². The van der Waals surface area contributed by atoms with Crippen LogP contribution in [0.2, 0.25) is 15.1 Å².